The molecule has 2 aromatic rings. The first-order valence-electron chi connectivity index (χ1n) is 9.19. The molecule has 7 heteroatoms. The minimum atomic E-state index is -0.0615. The zero-order valence-electron chi connectivity index (χ0n) is 16.3. The number of amides is 1. The molecule has 0 spiro atoms. The summed E-state index contributed by atoms with van der Waals surface area (Å²) in [4.78, 5) is 23.1. The first-order valence-corrected chi connectivity index (χ1v) is 9.73. The molecule has 1 atom stereocenters. The lowest BCUT2D eigenvalue weighted by Gasteiger charge is -2.24. The van der Waals surface area contributed by atoms with E-state index in [1.807, 2.05) is 25.1 Å². The molecule has 0 saturated carbocycles. The predicted molar refractivity (Wildman–Crippen MR) is 113 cm³/mol. The van der Waals surface area contributed by atoms with Crippen molar-refractivity contribution in [1.82, 2.24) is 19.7 Å². The summed E-state index contributed by atoms with van der Waals surface area (Å²) in [5.74, 6) is 0.434. The molecule has 148 valence electrons. The first-order chi connectivity index (χ1) is 13.6. The highest BCUT2D eigenvalue weighted by Crippen LogP contribution is 2.23. The number of nitrogens with zero attached hydrogens (tertiary/aromatic N) is 5. The van der Waals surface area contributed by atoms with Gasteiger partial charge >= 0.3 is 0 Å². The zero-order chi connectivity index (χ0) is 20.4. The summed E-state index contributed by atoms with van der Waals surface area (Å²) in [5.41, 5.74) is 2.34. The van der Waals surface area contributed by atoms with Crippen LogP contribution in [0.15, 0.2) is 67.6 Å². The van der Waals surface area contributed by atoms with Gasteiger partial charge in [0.05, 0.1) is 17.9 Å². The summed E-state index contributed by atoms with van der Waals surface area (Å²) in [7, 11) is 0. The highest BCUT2D eigenvalue weighted by molar-refractivity contribution is 6.18. The molecule has 2 aromatic heterocycles. The van der Waals surface area contributed by atoms with Crippen molar-refractivity contribution < 1.29 is 4.79 Å². The van der Waals surface area contributed by atoms with Crippen molar-refractivity contribution in [3.63, 3.8) is 0 Å². The molecule has 0 saturated heterocycles. The molecule has 6 nitrogen and oxygen atoms in total. The van der Waals surface area contributed by atoms with Crippen LogP contribution >= 0.6 is 11.6 Å². The Bertz CT molecular complexity index is 829. The number of carbonyl (C=O) groups is 1. The molecule has 0 aliphatic heterocycles. The summed E-state index contributed by atoms with van der Waals surface area (Å²) < 4.78 is 1.76. The van der Waals surface area contributed by atoms with Crippen molar-refractivity contribution in [3.05, 3.63) is 73.1 Å². The third-order valence-electron chi connectivity index (χ3n) is 4.33. The Morgan fingerprint density at radius 1 is 1.36 bits per heavy atom. The maximum Gasteiger partial charge on any atom is 0.253 e. The van der Waals surface area contributed by atoms with Crippen LogP contribution < -0.4 is 4.90 Å². The van der Waals surface area contributed by atoms with Gasteiger partial charge < -0.3 is 4.90 Å². The normalized spacial score (nSPS) is 12.9. The molecule has 2 heterocycles. The van der Waals surface area contributed by atoms with E-state index in [4.69, 9.17) is 11.6 Å². The summed E-state index contributed by atoms with van der Waals surface area (Å²) >= 11 is 5.67. The quantitative estimate of drug-likeness (QED) is 0.196. The van der Waals surface area contributed by atoms with Gasteiger partial charge in [-0.2, -0.15) is 5.10 Å². The molecule has 0 bridgehead atoms. The molecular formula is C21H26ClN5O. The molecule has 28 heavy (non-hydrogen) atoms. The fourth-order valence-electron chi connectivity index (χ4n) is 2.75. The number of pyridine rings is 1. The van der Waals surface area contributed by atoms with Crippen molar-refractivity contribution in [2.75, 3.05) is 17.3 Å². The number of anilines is 1. The van der Waals surface area contributed by atoms with Crippen molar-refractivity contribution >= 4 is 23.2 Å². The van der Waals surface area contributed by atoms with Gasteiger partial charge in [0.2, 0.25) is 0 Å². The fourth-order valence-corrected chi connectivity index (χ4v) is 2.87. The van der Waals surface area contributed by atoms with E-state index >= 15 is 0 Å². The fraction of sp³-hybridized carbons (Fsp3) is 0.333. The van der Waals surface area contributed by atoms with Crippen LogP contribution in [0.1, 0.15) is 38.3 Å². The minimum absolute atomic E-state index is 0.0385. The molecule has 1 amide bonds. The minimum Gasteiger partial charge on any atom is -0.307 e. The molecule has 0 aliphatic rings. The van der Waals surface area contributed by atoms with E-state index in [9.17, 15) is 4.79 Å². The van der Waals surface area contributed by atoms with E-state index in [0.29, 0.717) is 18.0 Å². The Kier molecular flexibility index (Phi) is 8.62. The van der Waals surface area contributed by atoms with E-state index in [-0.39, 0.29) is 11.9 Å². The van der Waals surface area contributed by atoms with Gasteiger partial charge in [-0.05, 0) is 38.3 Å². The number of carbonyl (C=O) groups excluding carboxylic acids is 1. The molecule has 1 unspecified atom stereocenters. The maximum atomic E-state index is 13.0. The van der Waals surface area contributed by atoms with Crippen LogP contribution in [-0.2, 0) is 4.79 Å². The lowest BCUT2D eigenvalue weighted by atomic mass is 10.1. The lowest BCUT2D eigenvalue weighted by molar-refractivity contribution is -0.115. The number of rotatable bonds is 10. The van der Waals surface area contributed by atoms with Crippen molar-refractivity contribution in [2.45, 2.75) is 32.7 Å². The molecule has 0 radical (unpaired) electrons. The zero-order valence-corrected chi connectivity index (χ0v) is 17.1. The largest absolute Gasteiger partial charge is 0.307 e. The second kappa shape index (κ2) is 11.2. The summed E-state index contributed by atoms with van der Waals surface area (Å²) in [5, 5.41) is 4.19. The summed E-state index contributed by atoms with van der Waals surface area (Å²) in [6, 6.07) is 1.94. The average Bonchev–Trinajstić information content (AvgIpc) is 3.25. The Morgan fingerprint density at radius 3 is 2.86 bits per heavy atom. The average molecular weight is 400 g/mol. The number of unbranched alkanes of at least 4 members (excludes halogenated alkanes) is 1. The van der Waals surface area contributed by atoms with E-state index < -0.39 is 0 Å². The van der Waals surface area contributed by atoms with Crippen LogP contribution in [0.2, 0.25) is 0 Å². The highest BCUT2D eigenvalue weighted by atomic mass is 35.5. The van der Waals surface area contributed by atoms with Crippen molar-refractivity contribution in [3.8, 4) is 0 Å². The van der Waals surface area contributed by atoms with Gasteiger partial charge in [0.25, 0.3) is 5.91 Å². The topological polar surface area (TPSA) is 63.9 Å². The van der Waals surface area contributed by atoms with E-state index in [0.717, 1.165) is 24.1 Å². The highest BCUT2D eigenvalue weighted by Gasteiger charge is 2.19. The number of hydrogen-bond donors (Lipinski definition) is 0. The van der Waals surface area contributed by atoms with Gasteiger partial charge in [-0.25, -0.2) is 9.67 Å². The van der Waals surface area contributed by atoms with Crippen molar-refractivity contribution in [1.29, 1.82) is 0 Å². The second-order valence-electron chi connectivity index (χ2n) is 6.34. The first kappa shape index (κ1) is 21.6. The van der Waals surface area contributed by atoms with E-state index in [1.165, 1.54) is 6.33 Å². The number of halogens is 1. The summed E-state index contributed by atoms with van der Waals surface area (Å²) in [6.45, 7) is 8.07. The van der Waals surface area contributed by atoms with Crippen LogP contribution in [0.4, 0.5) is 5.69 Å². The number of hydrogen-bond acceptors (Lipinski definition) is 4. The van der Waals surface area contributed by atoms with Gasteiger partial charge in [-0.3, -0.25) is 9.78 Å². The number of alkyl halides is 1. The molecular weight excluding hydrogens is 374 g/mol. The van der Waals surface area contributed by atoms with Crippen LogP contribution in [0.25, 0.3) is 0 Å². The van der Waals surface area contributed by atoms with Crippen LogP contribution in [-0.4, -0.2) is 38.1 Å². The maximum absolute atomic E-state index is 13.0. The van der Waals surface area contributed by atoms with Gasteiger partial charge in [0.1, 0.15) is 12.7 Å². The molecule has 0 N–H and O–H groups in total. The number of aromatic nitrogens is 4. The van der Waals surface area contributed by atoms with Crippen LogP contribution in [0.3, 0.4) is 0 Å². The van der Waals surface area contributed by atoms with Crippen molar-refractivity contribution in [2.24, 2.45) is 0 Å². The Hall–Kier alpha value is -2.73. The summed E-state index contributed by atoms with van der Waals surface area (Å²) in [6.07, 6.45) is 15.6. The van der Waals surface area contributed by atoms with Gasteiger partial charge in [-0.15, -0.1) is 11.6 Å². The predicted octanol–water partition coefficient (Wildman–Crippen LogP) is 4.32. The van der Waals surface area contributed by atoms with Gasteiger partial charge in [0.15, 0.2) is 0 Å². The monoisotopic (exact) mass is 399 g/mol. The van der Waals surface area contributed by atoms with Crippen LogP contribution in [0.5, 0.6) is 0 Å². The molecule has 0 aromatic carbocycles. The van der Waals surface area contributed by atoms with Crippen LogP contribution in [0, 0.1) is 0 Å². The van der Waals surface area contributed by atoms with Gasteiger partial charge in [0, 0.05) is 24.2 Å². The van der Waals surface area contributed by atoms with E-state index in [1.54, 1.807) is 47.4 Å². The molecule has 0 aliphatic carbocycles. The SMILES string of the molecule is C=C/C=C(\C)C(=O)N(CCC/C=C/CCl)c1cncc(C(C)n2cncn2)c1. The Balaban J connectivity index is 2.27. The van der Waals surface area contributed by atoms with E-state index in [2.05, 4.69) is 21.6 Å². The molecule has 2 rings (SSSR count). The second-order valence-corrected chi connectivity index (χ2v) is 6.65. The smallest absolute Gasteiger partial charge is 0.253 e. The standard InChI is InChI=1S/C21H26ClN5O/c1-4-9-17(2)21(28)26(11-8-6-5-7-10-22)20-12-19(13-23-14-20)18(3)27-16-24-15-25-27/h4-5,7,9,12-16,18H,1,6,8,10-11H2,2-3H3/b7-5+,17-9+. The Morgan fingerprint density at radius 2 is 2.18 bits per heavy atom. The van der Waals surface area contributed by atoms with Gasteiger partial charge in [-0.1, -0.05) is 30.9 Å². The number of allylic oxidation sites excluding steroid dienone is 4. The molecule has 0 fully saturated rings. The Labute approximate surface area is 171 Å². The third-order valence-corrected chi connectivity index (χ3v) is 4.51. The third kappa shape index (κ3) is 5.89. The lowest BCUT2D eigenvalue weighted by Crippen LogP contribution is -2.32.